The Kier molecular flexibility index (Phi) is 7.17. The number of esters is 1. The Morgan fingerprint density at radius 2 is 1.87 bits per heavy atom. The van der Waals surface area contributed by atoms with Gasteiger partial charge in [0.25, 0.3) is 0 Å². The summed E-state index contributed by atoms with van der Waals surface area (Å²) in [6.45, 7) is 1.85. The van der Waals surface area contributed by atoms with Gasteiger partial charge in [-0.25, -0.2) is 9.78 Å². The minimum Gasteiger partial charge on any atom is -0.465 e. The first kappa shape index (κ1) is 21.8. The number of aromatic nitrogens is 1. The average molecular weight is 421 g/mol. The minimum atomic E-state index is -0.768. The van der Waals surface area contributed by atoms with Crippen molar-refractivity contribution in [2.75, 3.05) is 37.0 Å². The number of ether oxygens (including phenoxy) is 1. The largest absolute Gasteiger partial charge is 0.465 e. The molecule has 160 valence electrons. The zero-order chi connectivity index (χ0) is 22.2. The maximum atomic E-state index is 12.1. The van der Waals surface area contributed by atoms with Crippen molar-refractivity contribution in [2.45, 2.75) is 12.8 Å². The summed E-state index contributed by atoms with van der Waals surface area (Å²) in [6, 6.07) is 11.7. The average Bonchev–Trinajstić information content (AvgIpc) is 2.82. The first-order chi connectivity index (χ1) is 15.0. The van der Waals surface area contributed by atoms with Gasteiger partial charge in [0.1, 0.15) is 11.9 Å². The van der Waals surface area contributed by atoms with Crippen molar-refractivity contribution < 1.29 is 19.1 Å². The van der Waals surface area contributed by atoms with Crippen molar-refractivity contribution in [2.24, 2.45) is 5.92 Å². The summed E-state index contributed by atoms with van der Waals surface area (Å²) < 4.78 is 4.62. The van der Waals surface area contributed by atoms with Crippen LogP contribution < -0.4 is 15.5 Å². The van der Waals surface area contributed by atoms with Gasteiger partial charge in [0, 0.05) is 31.5 Å². The van der Waals surface area contributed by atoms with Crippen molar-refractivity contribution in [1.82, 2.24) is 10.3 Å². The molecule has 2 N–H and O–H groups in total. The molecule has 0 saturated carbocycles. The molecule has 1 aromatic heterocycles. The van der Waals surface area contributed by atoms with Crippen molar-refractivity contribution in [1.29, 1.82) is 5.26 Å². The van der Waals surface area contributed by atoms with Crippen molar-refractivity contribution >= 4 is 29.3 Å². The first-order valence-corrected chi connectivity index (χ1v) is 9.89. The van der Waals surface area contributed by atoms with Crippen LogP contribution in [0.15, 0.2) is 42.6 Å². The summed E-state index contributed by atoms with van der Waals surface area (Å²) in [4.78, 5) is 42.0. The monoisotopic (exact) mass is 421 g/mol. The summed E-state index contributed by atoms with van der Waals surface area (Å²) in [5.74, 6) is -1.04. The van der Waals surface area contributed by atoms with Crippen molar-refractivity contribution in [3.63, 3.8) is 0 Å². The van der Waals surface area contributed by atoms with E-state index in [9.17, 15) is 19.6 Å². The van der Waals surface area contributed by atoms with Gasteiger partial charge in [-0.3, -0.25) is 9.59 Å². The topological polar surface area (TPSA) is 124 Å². The molecule has 0 atom stereocenters. The molecule has 2 amide bonds. The molecule has 1 aliphatic rings. The van der Waals surface area contributed by atoms with Gasteiger partial charge < -0.3 is 20.3 Å². The third-order valence-electron chi connectivity index (χ3n) is 5.14. The number of hydrogen-bond acceptors (Lipinski definition) is 7. The van der Waals surface area contributed by atoms with E-state index in [0.717, 1.165) is 25.9 Å². The molecule has 1 aliphatic heterocycles. The van der Waals surface area contributed by atoms with E-state index in [1.54, 1.807) is 18.3 Å². The van der Waals surface area contributed by atoms with E-state index in [1.165, 1.54) is 31.4 Å². The number of nitriles is 1. The predicted molar refractivity (Wildman–Crippen MR) is 113 cm³/mol. The van der Waals surface area contributed by atoms with E-state index in [4.69, 9.17) is 0 Å². The Labute approximate surface area is 180 Å². The molecular weight excluding hydrogens is 398 g/mol. The van der Waals surface area contributed by atoms with Crippen LogP contribution in [0.5, 0.6) is 0 Å². The maximum absolute atomic E-state index is 12.1. The number of pyridine rings is 1. The summed E-state index contributed by atoms with van der Waals surface area (Å²) in [7, 11) is 1.29. The van der Waals surface area contributed by atoms with Crippen molar-refractivity contribution in [3.8, 4) is 6.07 Å². The third-order valence-corrected chi connectivity index (χ3v) is 5.14. The number of carbonyl (C=O) groups is 3. The van der Waals surface area contributed by atoms with Crippen LogP contribution in [-0.2, 0) is 14.3 Å². The Morgan fingerprint density at radius 3 is 2.52 bits per heavy atom. The Hall–Kier alpha value is -3.93. The summed E-state index contributed by atoms with van der Waals surface area (Å²) in [5.41, 5.74) is 1.30. The number of benzene rings is 1. The Balaban J connectivity index is 1.44. The highest BCUT2D eigenvalue weighted by atomic mass is 16.5. The van der Waals surface area contributed by atoms with Crippen LogP contribution in [0, 0.1) is 17.2 Å². The molecule has 1 aromatic carbocycles. The minimum absolute atomic E-state index is 0.238. The van der Waals surface area contributed by atoms with Crippen molar-refractivity contribution in [3.05, 3.63) is 53.7 Å². The van der Waals surface area contributed by atoms with E-state index in [2.05, 4.69) is 31.3 Å². The third kappa shape index (κ3) is 5.57. The lowest BCUT2D eigenvalue weighted by atomic mass is 9.96. The number of nitrogens with one attached hydrogen (secondary N) is 2. The number of hydrogen-bond donors (Lipinski definition) is 2. The number of piperidine rings is 1. The van der Waals surface area contributed by atoms with Crippen LogP contribution in [0.25, 0.3) is 0 Å². The molecule has 3 rings (SSSR count). The second kappa shape index (κ2) is 10.2. The number of nitrogens with zero attached hydrogens (tertiary/aromatic N) is 3. The van der Waals surface area contributed by atoms with E-state index < -0.39 is 17.8 Å². The van der Waals surface area contributed by atoms with Gasteiger partial charge in [0.2, 0.25) is 0 Å². The molecule has 31 heavy (non-hydrogen) atoms. The highest BCUT2D eigenvalue weighted by Gasteiger charge is 2.23. The molecular formula is C22H23N5O4. The summed E-state index contributed by atoms with van der Waals surface area (Å²) >= 11 is 0. The number of methoxy groups -OCH3 is 1. The Bertz CT molecular complexity index is 992. The van der Waals surface area contributed by atoms with Crippen LogP contribution >= 0.6 is 0 Å². The molecule has 9 heteroatoms. The lowest BCUT2D eigenvalue weighted by Crippen LogP contribution is -2.42. The lowest BCUT2D eigenvalue weighted by molar-refractivity contribution is -0.136. The second-order valence-corrected chi connectivity index (χ2v) is 7.15. The van der Waals surface area contributed by atoms with Crippen LogP contribution in [0.1, 0.15) is 28.8 Å². The molecule has 2 aromatic rings. The fraction of sp³-hybridized carbons (Fsp3) is 0.318. The smallest absolute Gasteiger partial charge is 0.337 e. The molecule has 1 saturated heterocycles. The van der Waals surface area contributed by atoms with Gasteiger partial charge in [-0.05, 0) is 55.2 Å². The molecule has 9 nitrogen and oxygen atoms in total. The van der Waals surface area contributed by atoms with Gasteiger partial charge >= 0.3 is 17.8 Å². The van der Waals surface area contributed by atoms with E-state index in [1.807, 2.05) is 0 Å². The quantitative estimate of drug-likeness (QED) is 0.556. The SMILES string of the molecule is COC(=O)c1ccc(NC(=O)C(=O)NCC2CCN(c3ncccc3C#N)CC2)cc1. The normalized spacial score (nSPS) is 13.7. The summed E-state index contributed by atoms with van der Waals surface area (Å²) in [5, 5.41) is 14.4. The van der Waals surface area contributed by atoms with E-state index in [-0.39, 0.29) is 5.92 Å². The fourth-order valence-electron chi connectivity index (χ4n) is 3.40. The highest BCUT2D eigenvalue weighted by molar-refractivity contribution is 6.39. The van der Waals surface area contributed by atoms with Gasteiger partial charge in [0.05, 0.1) is 18.2 Å². The van der Waals surface area contributed by atoms with E-state index >= 15 is 0 Å². The molecule has 0 bridgehead atoms. The predicted octanol–water partition coefficient (Wildman–Crippen LogP) is 1.71. The highest BCUT2D eigenvalue weighted by Crippen LogP contribution is 2.23. The van der Waals surface area contributed by atoms with Gasteiger partial charge in [0.15, 0.2) is 0 Å². The van der Waals surface area contributed by atoms with Gasteiger partial charge in [-0.15, -0.1) is 0 Å². The number of anilines is 2. The standard InChI is InChI=1S/C22H23N5O4/c1-31-22(30)16-4-6-18(7-5-16)26-21(29)20(28)25-14-15-8-11-27(12-9-15)19-17(13-23)3-2-10-24-19/h2-7,10,15H,8-9,11-12,14H2,1H3,(H,25,28)(H,26,29). The molecule has 1 fully saturated rings. The summed E-state index contributed by atoms with van der Waals surface area (Å²) in [6.07, 6.45) is 3.31. The lowest BCUT2D eigenvalue weighted by Gasteiger charge is -2.33. The zero-order valence-electron chi connectivity index (χ0n) is 17.1. The molecule has 0 unspecified atom stereocenters. The fourth-order valence-corrected chi connectivity index (χ4v) is 3.40. The maximum Gasteiger partial charge on any atom is 0.337 e. The number of carbonyl (C=O) groups excluding carboxylic acids is 3. The molecule has 0 aliphatic carbocycles. The molecule has 0 spiro atoms. The number of rotatable bonds is 5. The Morgan fingerprint density at radius 1 is 1.16 bits per heavy atom. The second-order valence-electron chi connectivity index (χ2n) is 7.15. The molecule has 0 radical (unpaired) electrons. The number of amides is 2. The van der Waals surface area contributed by atoms with Crippen LogP contribution in [0.3, 0.4) is 0 Å². The zero-order valence-corrected chi connectivity index (χ0v) is 17.1. The van der Waals surface area contributed by atoms with Gasteiger partial charge in [-0.1, -0.05) is 0 Å². The van der Waals surface area contributed by atoms with Gasteiger partial charge in [-0.2, -0.15) is 5.26 Å². The van der Waals surface area contributed by atoms with E-state index in [0.29, 0.717) is 29.2 Å². The van der Waals surface area contributed by atoms with Crippen LogP contribution in [0.2, 0.25) is 0 Å². The van der Waals surface area contributed by atoms with Crippen LogP contribution in [0.4, 0.5) is 11.5 Å². The molecule has 2 heterocycles. The first-order valence-electron chi connectivity index (χ1n) is 9.89. The van der Waals surface area contributed by atoms with Crippen LogP contribution in [-0.4, -0.2) is 49.5 Å².